The lowest BCUT2D eigenvalue weighted by atomic mass is 9.92. The maximum Gasteiger partial charge on any atom is 0.148 e. The van der Waals surface area contributed by atoms with Crippen molar-refractivity contribution in [1.82, 2.24) is 0 Å². The van der Waals surface area contributed by atoms with Crippen molar-refractivity contribution < 1.29 is 14.3 Å². The van der Waals surface area contributed by atoms with Crippen LogP contribution in [-0.2, 0) is 14.3 Å². The second-order valence-electron chi connectivity index (χ2n) is 3.42. The second-order valence-corrected chi connectivity index (χ2v) is 3.42. The third-order valence-electron chi connectivity index (χ3n) is 2.86. The SMILES string of the molecule is C=NOC[C@@]12CO[C@@H](CO1)[C@@H]2C. The first-order valence-electron chi connectivity index (χ1n) is 4.12. The van der Waals surface area contributed by atoms with Crippen LogP contribution in [0.1, 0.15) is 6.92 Å². The fraction of sp³-hybridized carbons (Fsp3) is 0.875. The molecule has 0 unspecified atom stereocenters. The number of nitrogens with zero attached hydrogens (tertiary/aromatic N) is 1. The van der Waals surface area contributed by atoms with Gasteiger partial charge in [-0.05, 0) is 0 Å². The van der Waals surface area contributed by atoms with Gasteiger partial charge < -0.3 is 14.3 Å². The molecule has 3 atom stereocenters. The predicted molar refractivity (Wildman–Crippen MR) is 43.1 cm³/mol. The van der Waals surface area contributed by atoms with Crippen molar-refractivity contribution >= 4 is 6.72 Å². The Morgan fingerprint density at radius 2 is 2.58 bits per heavy atom. The van der Waals surface area contributed by atoms with Crippen molar-refractivity contribution in [3.8, 4) is 0 Å². The molecule has 4 heteroatoms. The molecule has 2 saturated heterocycles. The Morgan fingerprint density at radius 3 is 3.00 bits per heavy atom. The van der Waals surface area contributed by atoms with Crippen LogP contribution in [0.5, 0.6) is 0 Å². The first kappa shape index (κ1) is 8.01. The lowest BCUT2D eigenvalue weighted by Gasteiger charge is -2.26. The van der Waals surface area contributed by atoms with Gasteiger partial charge in [0.25, 0.3) is 0 Å². The Morgan fingerprint density at radius 1 is 1.75 bits per heavy atom. The van der Waals surface area contributed by atoms with Gasteiger partial charge in [-0.2, -0.15) is 0 Å². The van der Waals surface area contributed by atoms with Crippen LogP contribution in [0, 0.1) is 5.92 Å². The lowest BCUT2D eigenvalue weighted by molar-refractivity contribution is -0.128. The van der Waals surface area contributed by atoms with Crippen molar-refractivity contribution in [3.05, 3.63) is 0 Å². The van der Waals surface area contributed by atoms with Crippen LogP contribution in [0.25, 0.3) is 0 Å². The van der Waals surface area contributed by atoms with E-state index in [9.17, 15) is 0 Å². The van der Waals surface area contributed by atoms with Crippen LogP contribution in [0.2, 0.25) is 0 Å². The Kier molecular flexibility index (Phi) is 1.81. The molecule has 0 amide bonds. The fourth-order valence-corrected chi connectivity index (χ4v) is 1.85. The van der Waals surface area contributed by atoms with Crippen LogP contribution < -0.4 is 0 Å². The quantitative estimate of drug-likeness (QED) is 0.456. The molecule has 2 aliphatic heterocycles. The molecule has 2 aliphatic rings. The molecule has 12 heavy (non-hydrogen) atoms. The van der Waals surface area contributed by atoms with Crippen molar-refractivity contribution in [2.45, 2.75) is 18.6 Å². The zero-order valence-electron chi connectivity index (χ0n) is 7.16. The molecular formula is C8H13NO3. The summed E-state index contributed by atoms with van der Waals surface area (Å²) >= 11 is 0. The average molecular weight is 171 g/mol. The second kappa shape index (κ2) is 2.71. The first-order valence-corrected chi connectivity index (χ1v) is 4.12. The molecule has 2 heterocycles. The van der Waals surface area contributed by atoms with E-state index in [2.05, 4.69) is 18.8 Å². The summed E-state index contributed by atoms with van der Waals surface area (Å²) in [7, 11) is 0. The molecule has 2 fully saturated rings. The van der Waals surface area contributed by atoms with E-state index in [1.807, 2.05) is 0 Å². The summed E-state index contributed by atoms with van der Waals surface area (Å²) < 4.78 is 11.1. The molecule has 2 bridgehead atoms. The minimum atomic E-state index is -0.258. The normalized spacial score (nSPS) is 44.8. The van der Waals surface area contributed by atoms with Crippen molar-refractivity contribution in [2.75, 3.05) is 19.8 Å². The number of rotatable bonds is 3. The number of oxime groups is 1. The van der Waals surface area contributed by atoms with E-state index >= 15 is 0 Å². The maximum atomic E-state index is 5.62. The smallest absolute Gasteiger partial charge is 0.148 e. The summed E-state index contributed by atoms with van der Waals surface area (Å²) in [5.74, 6) is 0.402. The van der Waals surface area contributed by atoms with Crippen LogP contribution in [0.15, 0.2) is 5.16 Å². The maximum absolute atomic E-state index is 5.62. The van der Waals surface area contributed by atoms with E-state index in [0.717, 1.165) is 0 Å². The minimum Gasteiger partial charge on any atom is -0.393 e. The van der Waals surface area contributed by atoms with E-state index in [1.165, 1.54) is 0 Å². The first-order chi connectivity index (χ1) is 5.78. The van der Waals surface area contributed by atoms with E-state index in [0.29, 0.717) is 25.7 Å². The molecule has 2 rings (SSSR count). The van der Waals surface area contributed by atoms with Crippen LogP contribution in [0.4, 0.5) is 0 Å². The Labute approximate surface area is 71.5 Å². The van der Waals surface area contributed by atoms with E-state index < -0.39 is 0 Å². The van der Waals surface area contributed by atoms with E-state index in [1.54, 1.807) is 0 Å². The molecule has 0 aliphatic carbocycles. The molecule has 0 aromatic carbocycles. The van der Waals surface area contributed by atoms with Crippen LogP contribution >= 0.6 is 0 Å². The Balaban J connectivity index is 2.04. The zero-order chi connectivity index (χ0) is 8.60. The summed E-state index contributed by atoms with van der Waals surface area (Å²) in [5, 5.41) is 3.36. The van der Waals surface area contributed by atoms with Gasteiger partial charge in [-0.3, -0.25) is 0 Å². The summed E-state index contributed by atoms with van der Waals surface area (Å²) in [5.41, 5.74) is -0.258. The van der Waals surface area contributed by atoms with Gasteiger partial charge in [-0.15, -0.1) is 5.16 Å². The van der Waals surface area contributed by atoms with Gasteiger partial charge in [0, 0.05) is 12.6 Å². The Bertz CT molecular complexity index is 187. The summed E-state index contributed by atoms with van der Waals surface area (Å²) in [6.07, 6.45) is 0.249. The number of hydrogen-bond acceptors (Lipinski definition) is 4. The van der Waals surface area contributed by atoms with E-state index in [-0.39, 0.29) is 11.7 Å². The summed E-state index contributed by atoms with van der Waals surface area (Å²) in [4.78, 5) is 4.92. The van der Waals surface area contributed by atoms with Gasteiger partial charge in [0.2, 0.25) is 0 Å². The van der Waals surface area contributed by atoms with Crippen molar-refractivity contribution in [3.63, 3.8) is 0 Å². The highest BCUT2D eigenvalue weighted by molar-refractivity contribution is 5.21. The third-order valence-corrected chi connectivity index (χ3v) is 2.86. The summed E-state index contributed by atoms with van der Waals surface area (Å²) in [6, 6.07) is 0. The van der Waals surface area contributed by atoms with Crippen molar-refractivity contribution in [1.29, 1.82) is 0 Å². The fourth-order valence-electron chi connectivity index (χ4n) is 1.85. The molecule has 0 saturated carbocycles. The monoisotopic (exact) mass is 171 g/mol. The standard InChI is InChI=1S/C8H13NO3/c1-6-7-3-11-8(6,4-10-7)5-12-9-2/h6-7H,2-5H2,1H3/t6-,7-,8+/m0/s1. The van der Waals surface area contributed by atoms with Crippen LogP contribution in [0.3, 0.4) is 0 Å². The molecule has 0 radical (unpaired) electrons. The predicted octanol–water partition coefficient (Wildman–Crippen LogP) is 0.423. The van der Waals surface area contributed by atoms with Gasteiger partial charge >= 0.3 is 0 Å². The van der Waals surface area contributed by atoms with Gasteiger partial charge in [0.1, 0.15) is 12.2 Å². The number of ether oxygens (including phenoxy) is 2. The van der Waals surface area contributed by atoms with Gasteiger partial charge in [-0.1, -0.05) is 6.92 Å². The average Bonchev–Trinajstić information content (AvgIpc) is 2.57. The third kappa shape index (κ3) is 0.949. The molecule has 4 nitrogen and oxygen atoms in total. The van der Waals surface area contributed by atoms with Crippen molar-refractivity contribution in [2.24, 2.45) is 11.1 Å². The molecule has 0 N–H and O–H groups in total. The molecule has 0 aromatic rings. The molecule has 0 aromatic heterocycles. The number of hydrogen-bond donors (Lipinski definition) is 0. The highest BCUT2D eigenvalue weighted by atomic mass is 16.7. The molecule has 0 spiro atoms. The van der Waals surface area contributed by atoms with E-state index in [4.69, 9.17) is 14.3 Å². The van der Waals surface area contributed by atoms with Gasteiger partial charge in [-0.25, -0.2) is 0 Å². The minimum absolute atomic E-state index is 0.249. The highest BCUT2D eigenvalue weighted by Crippen LogP contribution is 2.40. The lowest BCUT2D eigenvalue weighted by Crippen LogP contribution is -2.40. The highest BCUT2D eigenvalue weighted by Gasteiger charge is 2.55. The number of fused-ring (bicyclic) bond motifs is 2. The topological polar surface area (TPSA) is 40.0 Å². The summed E-state index contributed by atoms with van der Waals surface area (Å²) in [6.45, 7) is 7.13. The largest absolute Gasteiger partial charge is 0.393 e. The zero-order valence-corrected chi connectivity index (χ0v) is 7.16. The molecular weight excluding hydrogens is 158 g/mol. The van der Waals surface area contributed by atoms with Gasteiger partial charge in [0.05, 0.1) is 19.3 Å². The molecule has 68 valence electrons. The Hall–Kier alpha value is -0.610. The van der Waals surface area contributed by atoms with Crippen LogP contribution in [-0.4, -0.2) is 38.2 Å². The van der Waals surface area contributed by atoms with Gasteiger partial charge in [0.15, 0.2) is 0 Å².